The Hall–Kier alpha value is -2.21. The molecule has 3 rings (SSSR count). The highest BCUT2D eigenvalue weighted by atomic mass is 32.1. The maximum absolute atomic E-state index is 5.22. The largest absolute Gasteiger partial charge is 0.497 e. The smallest absolute Gasteiger partial charge is 0.137 e. The van der Waals surface area contributed by atoms with E-state index in [0.29, 0.717) is 0 Å². The standard InChI is InChI=1S/C15H16N4OS/c1-10-8-21-14(19-10)5-6-16-15-12-4-3-11(20-2)7-13(12)17-9-18-15/h3-4,7-9H,5-6H2,1-2H3,(H,16,17,18). The number of thiazole rings is 1. The van der Waals surface area contributed by atoms with Gasteiger partial charge in [0.1, 0.15) is 17.9 Å². The monoisotopic (exact) mass is 300 g/mol. The zero-order valence-electron chi connectivity index (χ0n) is 12.0. The maximum atomic E-state index is 5.22. The third-order valence-corrected chi connectivity index (χ3v) is 4.17. The lowest BCUT2D eigenvalue weighted by Gasteiger charge is -2.08. The lowest BCUT2D eigenvalue weighted by Crippen LogP contribution is -2.07. The summed E-state index contributed by atoms with van der Waals surface area (Å²) in [6.45, 7) is 2.81. The first-order valence-corrected chi connectivity index (χ1v) is 7.58. The van der Waals surface area contributed by atoms with Crippen LogP contribution in [0.15, 0.2) is 29.9 Å². The first-order chi connectivity index (χ1) is 10.3. The van der Waals surface area contributed by atoms with E-state index in [0.717, 1.165) is 46.1 Å². The van der Waals surface area contributed by atoms with Gasteiger partial charge in [0.05, 0.1) is 17.6 Å². The molecule has 0 fully saturated rings. The number of fused-ring (bicyclic) bond motifs is 1. The molecule has 1 aromatic carbocycles. The molecule has 0 bridgehead atoms. The van der Waals surface area contributed by atoms with E-state index in [1.54, 1.807) is 24.8 Å². The number of nitrogens with zero attached hydrogens (tertiary/aromatic N) is 3. The molecular weight excluding hydrogens is 284 g/mol. The zero-order valence-corrected chi connectivity index (χ0v) is 12.8. The van der Waals surface area contributed by atoms with Crippen LogP contribution in [0.3, 0.4) is 0 Å². The van der Waals surface area contributed by atoms with Crippen molar-refractivity contribution in [2.75, 3.05) is 19.0 Å². The van der Waals surface area contributed by atoms with Gasteiger partial charge in [0.2, 0.25) is 0 Å². The zero-order chi connectivity index (χ0) is 14.7. The number of rotatable bonds is 5. The molecule has 0 radical (unpaired) electrons. The van der Waals surface area contributed by atoms with Gasteiger partial charge in [-0.2, -0.15) is 0 Å². The number of aromatic nitrogens is 3. The van der Waals surface area contributed by atoms with Gasteiger partial charge in [0.25, 0.3) is 0 Å². The summed E-state index contributed by atoms with van der Waals surface area (Å²) in [5.74, 6) is 1.64. The van der Waals surface area contributed by atoms with Crippen LogP contribution in [0.25, 0.3) is 10.9 Å². The van der Waals surface area contributed by atoms with Crippen LogP contribution < -0.4 is 10.1 Å². The molecule has 3 aromatic rings. The Morgan fingerprint density at radius 1 is 1.29 bits per heavy atom. The third-order valence-electron chi connectivity index (χ3n) is 3.14. The van der Waals surface area contributed by atoms with Crippen molar-refractivity contribution in [2.24, 2.45) is 0 Å². The molecule has 0 aliphatic rings. The molecule has 0 unspecified atom stereocenters. The summed E-state index contributed by atoms with van der Waals surface area (Å²) in [5.41, 5.74) is 1.95. The lowest BCUT2D eigenvalue weighted by atomic mass is 10.2. The summed E-state index contributed by atoms with van der Waals surface area (Å²) in [6, 6.07) is 5.80. The number of aryl methyl sites for hydroxylation is 1. The number of hydrogen-bond donors (Lipinski definition) is 1. The number of methoxy groups -OCH3 is 1. The molecule has 0 saturated heterocycles. The van der Waals surface area contributed by atoms with Crippen molar-refractivity contribution in [2.45, 2.75) is 13.3 Å². The molecule has 0 aliphatic carbocycles. The minimum Gasteiger partial charge on any atom is -0.497 e. The summed E-state index contributed by atoms with van der Waals surface area (Å²) in [5, 5.41) is 7.56. The second-order valence-corrected chi connectivity index (χ2v) is 5.61. The molecule has 0 saturated carbocycles. The summed E-state index contributed by atoms with van der Waals surface area (Å²) in [6.07, 6.45) is 2.46. The molecule has 6 heteroatoms. The number of hydrogen-bond acceptors (Lipinski definition) is 6. The highest BCUT2D eigenvalue weighted by Crippen LogP contribution is 2.23. The van der Waals surface area contributed by atoms with Gasteiger partial charge in [0, 0.05) is 35.5 Å². The molecule has 2 heterocycles. The number of ether oxygens (including phenoxy) is 1. The summed E-state index contributed by atoms with van der Waals surface area (Å²) in [7, 11) is 1.65. The average molecular weight is 300 g/mol. The molecule has 1 N–H and O–H groups in total. The van der Waals surface area contributed by atoms with Crippen molar-refractivity contribution in [1.82, 2.24) is 15.0 Å². The second kappa shape index (κ2) is 6.05. The van der Waals surface area contributed by atoms with E-state index >= 15 is 0 Å². The second-order valence-electron chi connectivity index (χ2n) is 4.66. The van der Waals surface area contributed by atoms with Crippen molar-refractivity contribution in [1.29, 1.82) is 0 Å². The first-order valence-electron chi connectivity index (χ1n) is 6.70. The van der Waals surface area contributed by atoms with Crippen molar-refractivity contribution >= 4 is 28.1 Å². The quantitative estimate of drug-likeness (QED) is 0.784. The third kappa shape index (κ3) is 3.11. The maximum Gasteiger partial charge on any atom is 0.137 e. The minimum absolute atomic E-state index is 0.797. The average Bonchev–Trinajstić information content (AvgIpc) is 2.92. The molecule has 0 aliphatic heterocycles. The van der Waals surface area contributed by atoms with E-state index in [1.165, 1.54) is 0 Å². The van der Waals surface area contributed by atoms with E-state index < -0.39 is 0 Å². The van der Waals surface area contributed by atoms with Gasteiger partial charge in [0.15, 0.2) is 0 Å². The van der Waals surface area contributed by atoms with Crippen LogP contribution in [0.5, 0.6) is 5.75 Å². The van der Waals surface area contributed by atoms with Crippen LogP contribution in [-0.4, -0.2) is 28.6 Å². The minimum atomic E-state index is 0.797. The Morgan fingerprint density at radius 2 is 2.19 bits per heavy atom. The molecule has 0 amide bonds. The molecular formula is C15H16N4OS. The van der Waals surface area contributed by atoms with Gasteiger partial charge in [-0.15, -0.1) is 11.3 Å². The normalized spacial score (nSPS) is 10.8. The summed E-state index contributed by atoms with van der Waals surface area (Å²) in [4.78, 5) is 13.1. The summed E-state index contributed by atoms with van der Waals surface area (Å²) >= 11 is 1.69. The van der Waals surface area contributed by atoms with E-state index in [-0.39, 0.29) is 0 Å². The van der Waals surface area contributed by atoms with Crippen LogP contribution >= 0.6 is 11.3 Å². The molecule has 108 valence electrons. The van der Waals surface area contributed by atoms with Gasteiger partial charge in [-0.1, -0.05) is 0 Å². The highest BCUT2D eigenvalue weighted by Gasteiger charge is 2.05. The van der Waals surface area contributed by atoms with E-state index in [2.05, 4.69) is 25.6 Å². The number of anilines is 1. The predicted octanol–water partition coefficient (Wildman–Crippen LogP) is 3.06. The van der Waals surface area contributed by atoms with E-state index in [1.807, 2.05) is 25.1 Å². The van der Waals surface area contributed by atoms with Crippen molar-refractivity contribution < 1.29 is 4.74 Å². The first kappa shape index (κ1) is 13.8. The van der Waals surface area contributed by atoms with Crippen LogP contribution in [0.1, 0.15) is 10.7 Å². The fraction of sp³-hybridized carbons (Fsp3) is 0.267. The van der Waals surface area contributed by atoms with Crippen LogP contribution in [-0.2, 0) is 6.42 Å². The molecule has 21 heavy (non-hydrogen) atoms. The Bertz CT molecular complexity index is 756. The van der Waals surface area contributed by atoms with Crippen molar-refractivity contribution in [3.05, 3.63) is 40.6 Å². The van der Waals surface area contributed by atoms with Crippen molar-refractivity contribution in [3.8, 4) is 5.75 Å². The topological polar surface area (TPSA) is 59.9 Å². The van der Waals surface area contributed by atoms with Crippen LogP contribution in [0, 0.1) is 6.92 Å². The van der Waals surface area contributed by atoms with Gasteiger partial charge in [-0.25, -0.2) is 15.0 Å². The van der Waals surface area contributed by atoms with Gasteiger partial charge >= 0.3 is 0 Å². The fourth-order valence-corrected chi connectivity index (χ4v) is 2.89. The summed E-state index contributed by atoms with van der Waals surface area (Å²) < 4.78 is 5.22. The lowest BCUT2D eigenvalue weighted by molar-refractivity contribution is 0.415. The molecule has 5 nitrogen and oxygen atoms in total. The molecule has 0 spiro atoms. The van der Waals surface area contributed by atoms with Gasteiger partial charge in [-0.3, -0.25) is 0 Å². The van der Waals surface area contributed by atoms with E-state index in [9.17, 15) is 0 Å². The van der Waals surface area contributed by atoms with Gasteiger partial charge < -0.3 is 10.1 Å². The Balaban J connectivity index is 1.74. The fourth-order valence-electron chi connectivity index (χ4n) is 2.11. The van der Waals surface area contributed by atoms with Crippen LogP contribution in [0.2, 0.25) is 0 Å². The highest BCUT2D eigenvalue weighted by molar-refractivity contribution is 7.09. The Morgan fingerprint density at radius 3 is 2.95 bits per heavy atom. The molecule has 0 atom stereocenters. The Labute approximate surface area is 127 Å². The Kier molecular flexibility index (Phi) is 3.96. The number of benzene rings is 1. The van der Waals surface area contributed by atoms with E-state index in [4.69, 9.17) is 4.74 Å². The number of nitrogens with one attached hydrogen (secondary N) is 1. The predicted molar refractivity (Wildman–Crippen MR) is 85.1 cm³/mol. The SMILES string of the molecule is COc1ccc2c(NCCc3nc(C)cs3)ncnc2c1. The van der Waals surface area contributed by atoms with Crippen LogP contribution in [0.4, 0.5) is 5.82 Å². The van der Waals surface area contributed by atoms with Gasteiger partial charge in [-0.05, 0) is 19.1 Å². The molecule has 2 aromatic heterocycles. The van der Waals surface area contributed by atoms with Crippen molar-refractivity contribution in [3.63, 3.8) is 0 Å².